The van der Waals surface area contributed by atoms with E-state index in [0.29, 0.717) is 11.3 Å². The third kappa shape index (κ3) is 3.67. The van der Waals surface area contributed by atoms with Crippen LogP contribution in [0.25, 0.3) is 0 Å². The number of ether oxygens (including phenoxy) is 2. The lowest BCUT2D eigenvalue weighted by Gasteiger charge is -2.49. The molecule has 118 valence electrons. The van der Waals surface area contributed by atoms with Gasteiger partial charge in [-0.25, -0.2) is 0 Å². The minimum atomic E-state index is 0.472. The van der Waals surface area contributed by atoms with Gasteiger partial charge in [0.2, 0.25) is 0 Å². The molecule has 0 unspecified atom stereocenters. The number of piperidine rings is 1. The summed E-state index contributed by atoms with van der Waals surface area (Å²) < 4.78 is 11.4. The third-order valence-corrected chi connectivity index (χ3v) is 6.13. The smallest absolute Gasteiger partial charge is 0.0521 e. The van der Waals surface area contributed by atoms with Crippen LogP contribution in [0.15, 0.2) is 17.5 Å². The number of hydrogen-bond acceptors (Lipinski definition) is 4. The van der Waals surface area contributed by atoms with E-state index in [2.05, 4.69) is 29.3 Å². The van der Waals surface area contributed by atoms with E-state index in [1.54, 1.807) is 0 Å². The Morgan fingerprint density at radius 2 is 2.24 bits per heavy atom. The molecule has 1 atom stereocenters. The van der Waals surface area contributed by atoms with Crippen LogP contribution < -0.4 is 0 Å². The van der Waals surface area contributed by atoms with Crippen molar-refractivity contribution in [2.24, 2.45) is 11.3 Å². The summed E-state index contributed by atoms with van der Waals surface area (Å²) >= 11 is 1.87. The second-order valence-corrected chi connectivity index (χ2v) is 7.43. The SMILES string of the molecule is CCOC[C@@H]1COCCC12CCN(Cc1cccs1)CC2. The largest absolute Gasteiger partial charge is 0.381 e. The summed E-state index contributed by atoms with van der Waals surface area (Å²) in [7, 11) is 0. The standard InChI is InChI=1S/C17H27NO2S/c1-2-19-13-15-14-20-10-7-17(15)5-8-18(9-6-17)12-16-4-3-11-21-16/h3-4,11,15H,2,5-10,12-14H2,1H3/t15-/m1/s1. The van der Waals surface area contributed by atoms with Crippen LogP contribution in [0, 0.1) is 11.3 Å². The average molecular weight is 309 g/mol. The maximum atomic E-state index is 5.73. The van der Waals surface area contributed by atoms with Crippen LogP contribution in [0.2, 0.25) is 0 Å². The second kappa shape index (κ2) is 7.23. The Morgan fingerprint density at radius 3 is 2.95 bits per heavy atom. The van der Waals surface area contributed by atoms with E-state index in [4.69, 9.17) is 9.47 Å². The highest BCUT2D eigenvalue weighted by molar-refractivity contribution is 7.09. The number of rotatable bonds is 5. The predicted octanol–water partition coefficient (Wildman–Crippen LogP) is 3.40. The Bertz CT molecular complexity index is 412. The van der Waals surface area contributed by atoms with Crippen LogP contribution in [-0.4, -0.2) is 44.4 Å². The molecule has 3 nitrogen and oxygen atoms in total. The molecular weight excluding hydrogens is 282 g/mol. The maximum absolute atomic E-state index is 5.73. The van der Waals surface area contributed by atoms with Gasteiger partial charge in [-0.05, 0) is 56.1 Å². The molecule has 0 saturated carbocycles. The van der Waals surface area contributed by atoms with Crippen molar-refractivity contribution in [1.29, 1.82) is 0 Å². The van der Waals surface area contributed by atoms with Crippen LogP contribution in [0.1, 0.15) is 31.1 Å². The van der Waals surface area contributed by atoms with Crippen LogP contribution in [-0.2, 0) is 16.0 Å². The van der Waals surface area contributed by atoms with Crippen molar-refractivity contribution in [3.8, 4) is 0 Å². The normalized spacial score (nSPS) is 26.2. The predicted molar refractivity (Wildman–Crippen MR) is 86.7 cm³/mol. The number of likely N-dealkylation sites (tertiary alicyclic amines) is 1. The number of nitrogens with zero attached hydrogens (tertiary/aromatic N) is 1. The van der Waals surface area contributed by atoms with E-state index in [-0.39, 0.29) is 0 Å². The van der Waals surface area contributed by atoms with Gasteiger partial charge in [0.15, 0.2) is 0 Å². The monoisotopic (exact) mass is 309 g/mol. The first-order chi connectivity index (χ1) is 10.3. The van der Waals surface area contributed by atoms with Gasteiger partial charge in [0, 0.05) is 30.6 Å². The summed E-state index contributed by atoms with van der Waals surface area (Å²) in [6.45, 7) is 9.18. The summed E-state index contributed by atoms with van der Waals surface area (Å²) in [6, 6.07) is 4.41. The molecule has 0 bridgehead atoms. The van der Waals surface area contributed by atoms with Gasteiger partial charge < -0.3 is 9.47 Å². The topological polar surface area (TPSA) is 21.7 Å². The quantitative estimate of drug-likeness (QED) is 0.832. The van der Waals surface area contributed by atoms with Gasteiger partial charge >= 0.3 is 0 Å². The molecule has 2 fully saturated rings. The molecule has 2 aliphatic heterocycles. The summed E-state index contributed by atoms with van der Waals surface area (Å²) in [5, 5.41) is 2.18. The van der Waals surface area contributed by atoms with E-state index in [1.165, 1.54) is 37.2 Å². The Kier molecular flexibility index (Phi) is 5.33. The molecule has 4 heteroatoms. The summed E-state index contributed by atoms with van der Waals surface area (Å²) in [5.74, 6) is 0.593. The van der Waals surface area contributed by atoms with Gasteiger partial charge in [0.1, 0.15) is 0 Å². The summed E-state index contributed by atoms with van der Waals surface area (Å²) in [6.07, 6.45) is 3.83. The molecule has 2 saturated heterocycles. The van der Waals surface area contributed by atoms with Crippen molar-refractivity contribution in [3.63, 3.8) is 0 Å². The highest BCUT2D eigenvalue weighted by Crippen LogP contribution is 2.45. The summed E-state index contributed by atoms with van der Waals surface area (Å²) in [4.78, 5) is 4.10. The van der Waals surface area contributed by atoms with Crippen molar-refractivity contribution >= 4 is 11.3 Å². The van der Waals surface area contributed by atoms with E-state index in [9.17, 15) is 0 Å². The summed E-state index contributed by atoms with van der Waals surface area (Å²) in [5.41, 5.74) is 0.472. The average Bonchev–Trinajstić information content (AvgIpc) is 3.02. The number of hydrogen-bond donors (Lipinski definition) is 0. The van der Waals surface area contributed by atoms with Gasteiger partial charge in [-0.3, -0.25) is 4.90 Å². The first kappa shape index (κ1) is 15.5. The van der Waals surface area contributed by atoms with Gasteiger partial charge in [-0.1, -0.05) is 6.07 Å². The van der Waals surface area contributed by atoms with Crippen LogP contribution in [0.5, 0.6) is 0 Å². The minimum absolute atomic E-state index is 0.472. The molecule has 3 rings (SSSR count). The molecule has 21 heavy (non-hydrogen) atoms. The van der Waals surface area contributed by atoms with Crippen molar-refractivity contribution in [1.82, 2.24) is 4.90 Å². The van der Waals surface area contributed by atoms with Gasteiger partial charge in [0.05, 0.1) is 13.2 Å². The Balaban J connectivity index is 1.56. The highest BCUT2D eigenvalue weighted by Gasteiger charge is 2.43. The van der Waals surface area contributed by atoms with Crippen molar-refractivity contribution in [2.75, 3.05) is 39.5 Å². The van der Waals surface area contributed by atoms with Crippen molar-refractivity contribution < 1.29 is 9.47 Å². The third-order valence-electron chi connectivity index (χ3n) is 5.26. The van der Waals surface area contributed by atoms with E-state index < -0.39 is 0 Å². The van der Waals surface area contributed by atoms with Gasteiger partial charge in [-0.2, -0.15) is 0 Å². The minimum Gasteiger partial charge on any atom is -0.381 e. The first-order valence-corrected chi connectivity index (χ1v) is 9.10. The fourth-order valence-electron chi connectivity index (χ4n) is 3.80. The molecular formula is C17H27NO2S. The molecule has 1 spiro atoms. The highest BCUT2D eigenvalue weighted by atomic mass is 32.1. The molecule has 0 amide bonds. The zero-order valence-corrected chi connectivity index (χ0v) is 13.9. The molecule has 1 aromatic rings. The lowest BCUT2D eigenvalue weighted by atomic mass is 9.66. The fourth-order valence-corrected chi connectivity index (χ4v) is 4.55. The maximum Gasteiger partial charge on any atom is 0.0521 e. The second-order valence-electron chi connectivity index (χ2n) is 6.40. The van der Waals surface area contributed by atoms with Crippen LogP contribution >= 0.6 is 11.3 Å². The van der Waals surface area contributed by atoms with Gasteiger partial charge in [-0.15, -0.1) is 11.3 Å². The fraction of sp³-hybridized carbons (Fsp3) is 0.765. The van der Waals surface area contributed by atoms with E-state index in [1.807, 2.05) is 11.3 Å². The molecule has 0 aliphatic carbocycles. The van der Waals surface area contributed by atoms with Crippen LogP contribution in [0.4, 0.5) is 0 Å². The molecule has 3 heterocycles. The molecule has 2 aliphatic rings. The lowest BCUT2D eigenvalue weighted by Crippen LogP contribution is -2.49. The molecule has 0 radical (unpaired) electrons. The molecule has 0 N–H and O–H groups in total. The van der Waals surface area contributed by atoms with Crippen molar-refractivity contribution in [2.45, 2.75) is 32.7 Å². The Labute approximate surface area is 132 Å². The van der Waals surface area contributed by atoms with Crippen LogP contribution in [0.3, 0.4) is 0 Å². The van der Waals surface area contributed by atoms with E-state index in [0.717, 1.165) is 33.0 Å². The zero-order chi connectivity index (χ0) is 14.5. The van der Waals surface area contributed by atoms with E-state index >= 15 is 0 Å². The zero-order valence-electron chi connectivity index (χ0n) is 13.1. The number of thiophene rings is 1. The van der Waals surface area contributed by atoms with Gasteiger partial charge in [0.25, 0.3) is 0 Å². The Hall–Kier alpha value is -0.420. The lowest BCUT2D eigenvalue weighted by molar-refractivity contribution is -0.0992. The molecule has 1 aromatic heterocycles. The molecule has 0 aromatic carbocycles. The first-order valence-electron chi connectivity index (χ1n) is 8.23. The Morgan fingerprint density at radius 1 is 1.38 bits per heavy atom. The van der Waals surface area contributed by atoms with Crippen molar-refractivity contribution in [3.05, 3.63) is 22.4 Å².